The molecule has 0 bridgehead atoms. The molecule has 2 heterocycles. The summed E-state index contributed by atoms with van der Waals surface area (Å²) in [6.07, 6.45) is 4.83. The van der Waals surface area contributed by atoms with Gasteiger partial charge in [0.1, 0.15) is 6.26 Å². The summed E-state index contributed by atoms with van der Waals surface area (Å²) >= 11 is 0. The smallest absolute Gasteiger partial charge is 0.256 e. The van der Waals surface area contributed by atoms with Crippen molar-refractivity contribution in [3.63, 3.8) is 0 Å². The van der Waals surface area contributed by atoms with E-state index in [2.05, 4.69) is 10.5 Å². The molecule has 1 N–H and O–H groups in total. The molecule has 0 saturated heterocycles. The third-order valence-electron chi connectivity index (χ3n) is 2.47. The van der Waals surface area contributed by atoms with Gasteiger partial charge in [0.2, 0.25) is 0 Å². The van der Waals surface area contributed by atoms with Crippen LogP contribution in [0.5, 0.6) is 0 Å². The first-order valence-electron chi connectivity index (χ1n) is 4.86. The number of aromatic nitrogens is 1. The molecule has 1 aromatic carbocycles. The van der Waals surface area contributed by atoms with Crippen LogP contribution in [0.3, 0.4) is 0 Å². The second-order valence-electron chi connectivity index (χ2n) is 3.52. The maximum Gasteiger partial charge on any atom is 0.256 e. The SMILES string of the molecule is O=C1Nc2ccccc2C1=Cc1cnoc1. The first-order valence-corrected chi connectivity index (χ1v) is 4.86. The maximum atomic E-state index is 11.7. The number of hydrogen-bond acceptors (Lipinski definition) is 3. The van der Waals surface area contributed by atoms with Crippen molar-refractivity contribution in [2.24, 2.45) is 0 Å². The number of carbonyl (C=O) groups is 1. The molecule has 1 aliphatic heterocycles. The lowest BCUT2D eigenvalue weighted by atomic mass is 10.1. The fourth-order valence-corrected chi connectivity index (χ4v) is 1.73. The number of nitrogens with one attached hydrogen (secondary N) is 1. The van der Waals surface area contributed by atoms with Gasteiger partial charge >= 0.3 is 0 Å². The van der Waals surface area contributed by atoms with Gasteiger partial charge in [-0.25, -0.2) is 0 Å². The Hall–Kier alpha value is -2.36. The van der Waals surface area contributed by atoms with E-state index in [1.165, 1.54) is 6.26 Å². The highest BCUT2D eigenvalue weighted by atomic mass is 16.5. The Morgan fingerprint density at radius 3 is 3.00 bits per heavy atom. The zero-order valence-corrected chi connectivity index (χ0v) is 8.31. The molecule has 3 rings (SSSR count). The van der Waals surface area contributed by atoms with E-state index in [1.807, 2.05) is 24.3 Å². The Bertz CT molecular complexity index is 570. The van der Waals surface area contributed by atoms with Gasteiger partial charge in [-0.2, -0.15) is 0 Å². The lowest BCUT2D eigenvalue weighted by Gasteiger charge is -1.95. The van der Waals surface area contributed by atoms with Crippen molar-refractivity contribution in [1.29, 1.82) is 0 Å². The minimum Gasteiger partial charge on any atom is -0.364 e. The van der Waals surface area contributed by atoms with Crippen LogP contribution >= 0.6 is 0 Å². The fourth-order valence-electron chi connectivity index (χ4n) is 1.73. The molecule has 0 aliphatic carbocycles. The molecule has 78 valence electrons. The van der Waals surface area contributed by atoms with Gasteiger partial charge in [-0.1, -0.05) is 23.4 Å². The number of benzene rings is 1. The van der Waals surface area contributed by atoms with Crippen LogP contribution in [0.15, 0.2) is 41.2 Å². The van der Waals surface area contributed by atoms with Crippen LogP contribution in [-0.2, 0) is 4.79 Å². The van der Waals surface area contributed by atoms with Crippen LogP contribution in [0.25, 0.3) is 11.6 Å². The topological polar surface area (TPSA) is 55.1 Å². The summed E-state index contributed by atoms with van der Waals surface area (Å²) in [4.78, 5) is 11.7. The Morgan fingerprint density at radius 1 is 1.31 bits per heavy atom. The number of fused-ring (bicyclic) bond motifs is 1. The van der Waals surface area contributed by atoms with Gasteiger partial charge in [0, 0.05) is 22.4 Å². The van der Waals surface area contributed by atoms with Crippen molar-refractivity contribution >= 4 is 23.2 Å². The molecule has 4 nitrogen and oxygen atoms in total. The summed E-state index contributed by atoms with van der Waals surface area (Å²) in [7, 11) is 0. The Kier molecular flexibility index (Phi) is 1.86. The van der Waals surface area contributed by atoms with E-state index in [-0.39, 0.29) is 5.91 Å². The van der Waals surface area contributed by atoms with Gasteiger partial charge in [0.15, 0.2) is 0 Å². The molecule has 1 aromatic heterocycles. The van der Waals surface area contributed by atoms with Gasteiger partial charge < -0.3 is 9.84 Å². The van der Waals surface area contributed by atoms with E-state index in [0.29, 0.717) is 5.57 Å². The van der Waals surface area contributed by atoms with Gasteiger partial charge in [-0.15, -0.1) is 0 Å². The lowest BCUT2D eigenvalue weighted by Crippen LogP contribution is -2.03. The van der Waals surface area contributed by atoms with E-state index in [1.54, 1.807) is 12.3 Å². The monoisotopic (exact) mass is 212 g/mol. The number of para-hydroxylation sites is 1. The number of hydrogen-bond donors (Lipinski definition) is 1. The zero-order chi connectivity index (χ0) is 11.0. The van der Waals surface area contributed by atoms with Gasteiger partial charge in [-0.05, 0) is 12.1 Å². The first-order chi connectivity index (χ1) is 7.84. The summed E-state index contributed by atoms with van der Waals surface area (Å²) in [5, 5.41) is 6.40. The highest BCUT2D eigenvalue weighted by Gasteiger charge is 2.23. The minimum atomic E-state index is -0.0950. The second-order valence-corrected chi connectivity index (χ2v) is 3.52. The average Bonchev–Trinajstić information content (AvgIpc) is 2.89. The highest BCUT2D eigenvalue weighted by Crippen LogP contribution is 2.32. The molecule has 1 aliphatic rings. The summed E-state index contributed by atoms with van der Waals surface area (Å²) in [6, 6.07) is 7.58. The Morgan fingerprint density at radius 2 is 2.19 bits per heavy atom. The van der Waals surface area contributed by atoms with Crippen LogP contribution in [0, 0.1) is 0 Å². The van der Waals surface area contributed by atoms with Crippen LogP contribution < -0.4 is 5.32 Å². The predicted molar refractivity (Wildman–Crippen MR) is 59.4 cm³/mol. The summed E-state index contributed by atoms with van der Waals surface area (Å²) in [5.74, 6) is -0.0950. The molecule has 0 radical (unpaired) electrons. The predicted octanol–water partition coefficient (Wildman–Crippen LogP) is 2.17. The van der Waals surface area contributed by atoms with Crippen molar-refractivity contribution in [3.05, 3.63) is 47.9 Å². The van der Waals surface area contributed by atoms with Crippen LogP contribution in [0.4, 0.5) is 5.69 Å². The molecule has 0 unspecified atom stereocenters. The molecular weight excluding hydrogens is 204 g/mol. The van der Waals surface area contributed by atoms with E-state index < -0.39 is 0 Å². The third-order valence-corrected chi connectivity index (χ3v) is 2.47. The van der Waals surface area contributed by atoms with E-state index >= 15 is 0 Å². The number of nitrogens with zero attached hydrogens (tertiary/aromatic N) is 1. The molecule has 0 fully saturated rings. The fraction of sp³-hybridized carbons (Fsp3) is 0. The van der Waals surface area contributed by atoms with Crippen LogP contribution in [-0.4, -0.2) is 11.1 Å². The van der Waals surface area contributed by atoms with E-state index in [0.717, 1.165) is 16.8 Å². The standard InChI is InChI=1S/C12H8N2O2/c15-12-10(5-8-6-13-16-7-8)9-3-1-2-4-11(9)14-12/h1-7H,(H,14,15). The highest BCUT2D eigenvalue weighted by molar-refractivity contribution is 6.34. The number of rotatable bonds is 1. The molecule has 16 heavy (non-hydrogen) atoms. The minimum absolute atomic E-state index is 0.0950. The molecule has 0 spiro atoms. The van der Waals surface area contributed by atoms with Crippen molar-refractivity contribution in [2.45, 2.75) is 0 Å². The zero-order valence-electron chi connectivity index (χ0n) is 8.31. The maximum absolute atomic E-state index is 11.7. The Labute approximate surface area is 91.6 Å². The molecule has 4 heteroatoms. The van der Waals surface area contributed by atoms with Crippen molar-refractivity contribution < 1.29 is 9.32 Å². The largest absolute Gasteiger partial charge is 0.364 e. The van der Waals surface area contributed by atoms with E-state index in [4.69, 9.17) is 4.52 Å². The summed E-state index contributed by atoms with van der Waals surface area (Å²) in [6.45, 7) is 0. The Balaban J connectivity index is 2.12. The molecule has 0 atom stereocenters. The lowest BCUT2D eigenvalue weighted by molar-refractivity contribution is -0.110. The summed E-state index contributed by atoms with van der Waals surface area (Å²) in [5.41, 5.74) is 3.17. The normalized spacial score (nSPS) is 16.2. The molecule has 0 saturated carbocycles. The number of carbonyl (C=O) groups excluding carboxylic acids is 1. The number of amides is 1. The third kappa shape index (κ3) is 1.32. The number of anilines is 1. The average molecular weight is 212 g/mol. The van der Waals surface area contributed by atoms with Crippen molar-refractivity contribution in [3.8, 4) is 0 Å². The molecular formula is C12H8N2O2. The van der Waals surface area contributed by atoms with Gasteiger partial charge in [0.25, 0.3) is 5.91 Å². The van der Waals surface area contributed by atoms with Gasteiger partial charge in [0.05, 0.1) is 6.20 Å². The molecule has 1 amide bonds. The first kappa shape index (κ1) is 8.91. The van der Waals surface area contributed by atoms with E-state index in [9.17, 15) is 4.79 Å². The van der Waals surface area contributed by atoms with Crippen molar-refractivity contribution in [1.82, 2.24) is 5.16 Å². The van der Waals surface area contributed by atoms with Gasteiger partial charge in [-0.3, -0.25) is 4.79 Å². The van der Waals surface area contributed by atoms with Crippen molar-refractivity contribution in [2.75, 3.05) is 5.32 Å². The van der Waals surface area contributed by atoms with Crippen LogP contribution in [0.2, 0.25) is 0 Å². The second kappa shape index (κ2) is 3.34. The van der Waals surface area contributed by atoms with Crippen LogP contribution in [0.1, 0.15) is 11.1 Å². The molecule has 2 aromatic rings. The quantitative estimate of drug-likeness (QED) is 0.737. The summed E-state index contributed by atoms with van der Waals surface area (Å²) < 4.78 is 4.72.